The van der Waals surface area contributed by atoms with Gasteiger partial charge in [-0.25, -0.2) is 4.79 Å². The summed E-state index contributed by atoms with van der Waals surface area (Å²) in [4.78, 5) is 15.8. The van der Waals surface area contributed by atoms with Crippen LogP contribution in [0.15, 0.2) is 41.0 Å². The summed E-state index contributed by atoms with van der Waals surface area (Å²) in [6.45, 7) is 2.02. The number of hydrogen-bond acceptors (Lipinski definition) is 4. The predicted octanol–water partition coefficient (Wildman–Crippen LogP) is 2.16. The SMILES string of the molecule is CCOC(=O)C(=CN)C(=NC)c1ccc(Cl)cc1. The van der Waals surface area contributed by atoms with E-state index in [4.69, 9.17) is 22.1 Å². The predicted molar refractivity (Wildman–Crippen MR) is 72.8 cm³/mol. The Morgan fingerprint density at radius 3 is 2.50 bits per heavy atom. The number of nitrogens with two attached hydrogens (primary N) is 1. The van der Waals surface area contributed by atoms with E-state index >= 15 is 0 Å². The maximum atomic E-state index is 11.7. The standard InChI is InChI=1S/C13H15ClN2O2/c1-3-18-13(17)11(8-15)12(16-2)9-4-6-10(14)7-5-9/h4-8H,3,15H2,1-2H3. The first-order chi connectivity index (χ1) is 8.63. The van der Waals surface area contributed by atoms with Crippen LogP contribution in [-0.2, 0) is 9.53 Å². The molecule has 1 aromatic rings. The van der Waals surface area contributed by atoms with Crippen LogP contribution < -0.4 is 5.73 Å². The molecule has 4 nitrogen and oxygen atoms in total. The summed E-state index contributed by atoms with van der Waals surface area (Å²) in [7, 11) is 1.59. The van der Waals surface area contributed by atoms with Crippen molar-refractivity contribution >= 4 is 23.3 Å². The van der Waals surface area contributed by atoms with Crippen LogP contribution in [0.3, 0.4) is 0 Å². The summed E-state index contributed by atoms with van der Waals surface area (Å²) >= 11 is 5.81. The van der Waals surface area contributed by atoms with Crippen LogP contribution in [0.25, 0.3) is 0 Å². The first-order valence-corrected chi connectivity index (χ1v) is 5.84. The molecule has 2 N–H and O–H groups in total. The van der Waals surface area contributed by atoms with E-state index < -0.39 is 5.97 Å². The largest absolute Gasteiger partial charge is 0.462 e. The second-order valence-electron chi connectivity index (χ2n) is 3.38. The molecule has 0 atom stereocenters. The fourth-order valence-corrected chi connectivity index (χ4v) is 1.59. The number of carbonyl (C=O) groups excluding carboxylic acids is 1. The molecule has 0 aromatic heterocycles. The molecule has 1 aromatic carbocycles. The van der Waals surface area contributed by atoms with Crippen molar-refractivity contribution in [1.29, 1.82) is 0 Å². The van der Waals surface area contributed by atoms with Crippen molar-refractivity contribution in [3.63, 3.8) is 0 Å². The van der Waals surface area contributed by atoms with Gasteiger partial charge in [0.1, 0.15) is 5.57 Å². The van der Waals surface area contributed by atoms with Gasteiger partial charge in [-0.15, -0.1) is 0 Å². The summed E-state index contributed by atoms with van der Waals surface area (Å²) < 4.78 is 4.93. The van der Waals surface area contributed by atoms with Gasteiger partial charge in [0, 0.05) is 23.8 Å². The molecular formula is C13H15ClN2O2. The smallest absolute Gasteiger partial charge is 0.341 e. The monoisotopic (exact) mass is 266 g/mol. The minimum absolute atomic E-state index is 0.238. The van der Waals surface area contributed by atoms with E-state index in [2.05, 4.69) is 4.99 Å². The van der Waals surface area contributed by atoms with Gasteiger partial charge in [-0.2, -0.15) is 0 Å². The van der Waals surface area contributed by atoms with Crippen LogP contribution in [0.1, 0.15) is 12.5 Å². The van der Waals surface area contributed by atoms with E-state index in [1.165, 1.54) is 6.20 Å². The number of benzene rings is 1. The van der Waals surface area contributed by atoms with E-state index in [0.29, 0.717) is 10.7 Å². The van der Waals surface area contributed by atoms with Gasteiger partial charge in [0.25, 0.3) is 0 Å². The second-order valence-corrected chi connectivity index (χ2v) is 3.82. The Morgan fingerprint density at radius 1 is 1.44 bits per heavy atom. The lowest BCUT2D eigenvalue weighted by Gasteiger charge is -2.09. The summed E-state index contributed by atoms with van der Waals surface area (Å²) in [5, 5.41) is 0.614. The second kappa shape index (κ2) is 6.81. The number of hydrogen-bond donors (Lipinski definition) is 1. The molecule has 0 unspecified atom stereocenters. The minimum atomic E-state index is -0.490. The van der Waals surface area contributed by atoms with Gasteiger partial charge >= 0.3 is 5.97 Å². The number of carbonyl (C=O) groups is 1. The third-order valence-corrected chi connectivity index (χ3v) is 2.51. The van der Waals surface area contributed by atoms with Gasteiger partial charge in [-0.3, -0.25) is 4.99 Å². The Labute approximate surface area is 111 Å². The van der Waals surface area contributed by atoms with Gasteiger partial charge in [0.05, 0.1) is 12.3 Å². The Kier molecular flexibility index (Phi) is 5.39. The molecule has 5 heteroatoms. The maximum absolute atomic E-state index is 11.7. The number of rotatable bonds is 4. The molecule has 0 aliphatic heterocycles. The number of aliphatic imine (C=N–C) groups is 1. The molecule has 0 aliphatic carbocycles. The molecule has 0 heterocycles. The number of ether oxygens (including phenoxy) is 1. The topological polar surface area (TPSA) is 64.7 Å². The third-order valence-electron chi connectivity index (χ3n) is 2.26. The van der Waals surface area contributed by atoms with Crippen LogP contribution in [0.5, 0.6) is 0 Å². The van der Waals surface area contributed by atoms with E-state index in [0.717, 1.165) is 5.56 Å². The summed E-state index contributed by atoms with van der Waals surface area (Å²) in [6, 6.07) is 6.99. The fourth-order valence-electron chi connectivity index (χ4n) is 1.47. The van der Waals surface area contributed by atoms with Gasteiger partial charge in [0.2, 0.25) is 0 Å². The third kappa shape index (κ3) is 3.34. The van der Waals surface area contributed by atoms with Gasteiger partial charge in [-0.05, 0) is 19.1 Å². The normalized spacial score (nSPS) is 12.4. The first kappa shape index (κ1) is 14.3. The molecule has 0 saturated carbocycles. The van der Waals surface area contributed by atoms with Crippen LogP contribution in [0, 0.1) is 0 Å². The number of esters is 1. The molecule has 0 saturated heterocycles. The molecule has 0 fully saturated rings. The molecule has 96 valence electrons. The van der Waals surface area contributed by atoms with Gasteiger partial charge in [-0.1, -0.05) is 23.7 Å². The van der Waals surface area contributed by atoms with Crippen LogP contribution in [0.4, 0.5) is 0 Å². The maximum Gasteiger partial charge on any atom is 0.341 e. The molecule has 0 spiro atoms. The first-order valence-electron chi connectivity index (χ1n) is 5.46. The molecule has 1 rings (SSSR count). The molecule has 18 heavy (non-hydrogen) atoms. The summed E-state index contributed by atoms with van der Waals surface area (Å²) in [5.41, 5.74) is 6.95. The Balaban J connectivity index is 3.10. The summed E-state index contributed by atoms with van der Waals surface area (Å²) in [5.74, 6) is -0.490. The zero-order valence-corrected chi connectivity index (χ0v) is 11.1. The van der Waals surface area contributed by atoms with Crippen LogP contribution >= 0.6 is 11.6 Å². The van der Waals surface area contributed by atoms with Gasteiger partial charge < -0.3 is 10.5 Å². The van der Waals surface area contributed by atoms with Crippen molar-refractivity contribution in [2.45, 2.75) is 6.92 Å². The zero-order valence-electron chi connectivity index (χ0n) is 10.3. The van der Waals surface area contributed by atoms with E-state index in [1.54, 1.807) is 38.2 Å². The van der Waals surface area contributed by atoms with Crippen molar-refractivity contribution in [3.8, 4) is 0 Å². The van der Waals surface area contributed by atoms with Crippen molar-refractivity contribution in [1.82, 2.24) is 0 Å². The molecule has 0 amide bonds. The average Bonchev–Trinajstić information content (AvgIpc) is 2.37. The highest BCUT2D eigenvalue weighted by atomic mass is 35.5. The number of nitrogens with zero attached hydrogens (tertiary/aromatic N) is 1. The Hall–Kier alpha value is -1.81. The van der Waals surface area contributed by atoms with Gasteiger partial charge in [0.15, 0.2) is 0 Å². The van der Waals surface area contributed by atoms with Crippen molar-refractivity contribution < 1.29 is 9.53 Å². The number of halogens is 1. The lowest BCUT2D eigenvalue weighted by Crippen LogP contribution is -2.18. The van der Waals surface area contributed by atoms with E-state index in [1.807, 2.05) is 0 Å². The fraction of sp³-hybridized carbons (Fsp3) is 0.231. The summed E-state index contributed by atoms with van der Waals surface area (Å²) in [6.07, 6.45) is 1.20. The highest BCUT2D eigenvalue weighted by Gasteiger charge is 2.18. The Bertz CT molecular complexity index is 478. The quantitative estimate of drug-likeness (QED) is 0.516. The van der Waals surface area contributed by atoms with Crippen molar-refractivity contribution in [2.24, 2.45) is 10.7 Å². The molecule has 0 radical (unpaired) electrons. The van der Waals surface area contributed by atoms with Crippen LogP contribution in [-0.4, -0.2) is 25.3 Å². The molecule has 0 bridgehead atoms. The highest BCUT2D eigenvalue weighted by molar-refractivity contribution is 6.31. The minimum Gasteiger partial charge on any atom is -0.462 e. The van der Waals surface area contributed by atoms with Crippen molar-refractivity contribution in [2.75, 3.05) is 13.7 Å². The lowest BCUT2D eigenvalue weighted by atomic mass is 10.0. The van der Waals surface area contributed by atoms with Crippen LogP contribution in [0.2, 0.25) is 5.02 Å². The van der Waals surface area contributed by atoms with E-state index in [9.17, 15) is 4.79 Å². The lowest BCUT2D eigenvalue weighted by molar-refractivity contribution is -0.137. The van der Waals surface area contributed by atoms with E-state index in [-0.39, 0.29) is 12.2 Å². The Morgan fingerprint density at radius 2 is 2.06 bits per heavy atom. The average molecular weight is 267 g/mol. The van der Waals surface area contributed by atoms with Crippen molar-refractivity contribution in [3.05, 3.63) is 46.6 Å². The molecular weight excluding hydrogens is 252 g/mol. The molecule has 0 aliphatic rings. The zero-order chi connectivity index (χ0) is 13.5. The highest BCUT2D eigenvalue weighted by Crippen LogP contribution is 2.14.